The van der Waals surface area contributed by atoms with Crippen LogP contribution in [0.1, 0.15) is 10.5 Å². The normalized spacial score (nSPS) is 11.1. The molecule has 0 radical (unpaired) electrons. The Kier molecular flexibility index (Phi) is 5.26. The first-order valence-electron chi connectivity index (χ1n) is 5.25. The summed E-state index contributed by atoms with van der Waals surface area (Å²) in [6.45, 7) is -1.98. The number of aromatic nitrogens is 2. The van der Waals surface area contributed by atoms with Gasteiger partial charge in [-0.25, -0.2) is 9.97 Å². The molecule has 6 nitrogen and oxygen atoms in total. The molecule has 2 amide bonds. The standard InChI is InChI=1S/C10H10ClF3N4O2/c1-18(4-8(19)17-5-10(12,13)14)9(20)6-2-16-7(11)3-15-6/h2-3H,4-5H2,1H3,(H,17,19). The van der Waals surface area contributed by atoms with Gasteiger partial charge in [-0.15, -0.1) is 0 Å². The van der Waals surface area contributed by atoms with Gasteiger partial charge in [0.05, 0.1) is 18.9 Å². The quantitative estimate of drug-likeness (QED) is 0.896. The summed E-state index contributed by atoms with van der Waals surface area (Å²) >= 11 is 5.50. The van der Waals surface area contributed by atoms with Crippen LogP contribution in [-0.2, 0) is 4.79 Å². The van der Waals surface area contributed by atoms with E-state index < -0.39 is 31.1 Å². The van der Waals surface area contributed by atoms with Crippen LogP contribution < -0.4 is 5.32 Å². The molecule has 0 aliphatic heterocycles. The number of nitrogens with zero attached hydrogens (tertiary/aromatic N) is 3. The molecule has 20 heavy (non-hydrogen) atoms. The van der Waals surface area contributed by atoms with Crippen molar-refractivity contribution < 1.29 is 22.8 Å². The lowest BCUT2D eigenvalue weighted by Crippen LogP contribution is -2.41. The zero-order valence-corrected chi connectivity index (χ0v) is 11.0. The number of halogens is 4. The van der Waals surface area contributed by atoms with E-state index in [2.05, 4.69) is 9.97 Å². The molecule has 0 fully saturated rings. The van der Waals surface area contributed by atoms with Gasteiger partial charge in [0.25, 0.3) is 5.91 Å². The van der Waals surface area contributed by atoms with Crippen molar-refractivity contribution in [2.45, 2.75) is 6.18 Å². The summed E-state index contributed by atoms with van der Waals surface area (Å²) in [4.78, 5) is 31.2. The van der Waals surface area contributed by atoms with E-state index in [0.29, 0.717) is 0 Å². The van der Waals surface area contributed by atoms with Gasteiger partial charge in [-0.3, -0.25) is 9.59 Å². The highest BCUT2D eigenvalue weighted by atomic mass is 35.5. The van der Waals surface area contributed by atoms with Gasteiger partial charge in [0, 0.05) is 7.05 Å². The van der Waals surface area contributed by atoms with Crippen LogP contribution in [0.3, 0.4) is 0 Å². The SMILES string of the molecule is CN(CC(=O)NCC(F)(F)F)C(=O)c1cnc(Cl)cn1. The fraction of sp³-hybridized carbons (Fsp3) is 0.400. The van der Waals surface area contributed by atoms with Gasteiger partial charge in [0.1, 0.15) is 17.4 Å². The molecule has 0 unspecified atom stereocenters. The van der Waals surface area contributed by atoms with Crippen molar-refractivity contribution in [1.29, 1.82) is 0 Å². The van der Waals surface area contributed by atoms with Gasteiger partial charge in [0.2, 0.25) is 5.91 Å². The first-order valence-corrected chi connectivity index (χ1v) is 5.63. The molecule has 0 aromatic carbocycles. The Balaban J connectivity index is 2.53. The number of carbonyl (C=O) groups is 2. The van der Waals surface area contributed by atoms with Gasteiger partial charge in [-0.05, 0) is 0 Å². The van der Waals surface area contributed by atoms with Crippen LogP contribution in [0.5, 0.6) is 0 Å². The Labute approximate surface area is 116 Å². The molecule has 1 heterocycles. The number of amides is 2. The average Bonchev–Trinajstić information content (AvgIpc) is 2.35. The van der Waals surface area contributed by atoms with Crippen LogP contribution in [0.4, 0.5) is 13.2 Å². The first-order chi connectivity index (χ1) is 9.19. The second-order valence-electron chi connectivity index (χ2n) is 3.78. The molecule has 0 saturated heterocycles. The van der Waals surface area contributed by atoms with Crippen molar-refractivity contribution in [3.63, 3.8) is 0 Å². The number of alkyl halides is 3. The van der Waals surface area contributed by atoms with E-state index in [1.165, 1.54) is 7.05 Å². The maximum atomic E-state index is 11.9. The molecule has 0 aliphatic carbocycles. The summed E-state index contributed by atoms with van der Waals surface area (Å²) in [5.74, 6) is -1.59. The molecule has 10 heteroatoms. The summed E-state index contributed by atoms with van der Waals surface area (Å²) in [6.07, 6.45) is -2.25. The van der Waals surface area contributed by atoms with Crippen molar-refractivity contribution in [2.24, 2.45) is 0 Å². The smallest absolute Gasteiger partial charge is 0.345 e. The minimum Gasteiger partial charge on any atom is -0.345 e. The highest BCUT2D eigenvalue weighted by Crippen LogP contribution is 2.12. The maximum Gasteiger partial charge on any atom is 0.405 e. The lowest BCUT2D eigenvalue weighted by atomic mass is 10.3. The Morgan fingerprint density at radius 1 is 1.35 bits per heavy atom. The molecule has 1 aromatic rings. The third-order valence-corrected chi connectivity index (χ3v) is 2.25. The van der Waals surface area contributed by atoms with Gasteiger partial charge >= 0.3 is 6.18 Å². The summed E-state index contributed by atoms with van der Waals surface area (Å²) in [5.41, 5.74) is -0.0690. The maximum absolute atomic E-state index is 11.9. The highest BCUT2D eigenvalue weighted by Gasteiger charge is 2.28. The van der Waals surface area contributed by atoms with Gasteiger partial charge in [-0.1, -0.05) is 11.6 Å². The second kappa shape index (κ2) is 6.51. The van der Waals surface area contributed by atoms with Crippen molar-refractivity contribution >= 4 is 23.4 Å². The lowest BCUT2D eigenvalue weighted by molar-refractivity contribution is -0.138. The molecule has 110 valence electrons. The Morgan fingerprint density at radius 3 is 2.50 bits per heavy atom. The molecule has 1 rings (SSSR count). The fourth-order valence-corrected chi connectivity index (χ4v) is 1.26. The summed E-state index contributed by atoms with van der Waals surface area (Å²) in [7, 11) is 1.26. The van der Waals surface area contributed by atoms with Crippen molar-refractivity contribution in [3.05, 3.63) is 23.2 Å². The Bertz CT molecular complexity index is 492. The van der Waals surface area contributed by atoms with E-state index in [9.17, 15) is 22.8 Å². The zero-order chi connectivity index (χ0) is 15.3. The highest BCUT2D eigenvalue weighted by molar-refractivity contribution is 6.29. The molecular formula is C10H10ClF3N4O2. The summed E-state index contributed by atoms with van der Waals surface area (Å²) in [5, 5.41) is 1.74. The topological polar surface area (TPSA) is 75.2 Å². The zero-order valence-electron chi connectivity index (χ0n) is 10.2. The number of likely N-dealkylation sites (N-methyl/N-ethyl adjacent to an activating group) is 1. The molecule has 1 aromatic heterocycles. The van der Waals surface area contributed by atoms with Crippen LogP contribution in [-0.4, -0.2) is 53.0 Å². The number of carbonyl (C=O) groups excluding carboxylic acids is 2. The Hall–Kier alpha value is -1.90. The Morgan fingerprint density at radius 2 is 2.00 bits per heavy atom. The predicted octanol–water partition coefficient (Wildman–Crippen LogP) is 0.880. The van der Waals surface area contributed by atoms with E-state index in [0.717, 1.165) is 17.3 Å². The van der Waals surface area contributed by atoms with Crippen LogP contribution in [0.25, 0.3) is 0 Å². The van der Waals surface area contributed by atoms with Crippen LogP contribution in [0.2, 0.25) is 5.15 Å². The third kappa shape index (κ3) is 5.39. The van der Waals surface area contributed by atoms with Gasteiger partial charge < -0.3 is 10.2 Å². The molecule has 0 bridgehead atoms. The predicted molar refractivity (Wildman–Crippen MR) is 63.1 cm³/mol. The first kappa shape index (κ1) is 16.2. The van der Waals surface area contributed by atoms with Gasteiger partial charge in [-0.2, -0.15) is 13.2 Å². The number of rotatable bonds is 4. The largest absolute Gasteiger partial charge is 0.405 e. The van der Waals surface area contributed by atoms with Gasteiger partial charge in [0.15, 0.2) is 0 Å². The van der Waals surface area contributed by atoms with E-state index in [1.54, 1.807) is 5.32 Å². The monoisotopic (exact) mass is 310 g/mol. The fourth-order valence-electron chi connectivity index (χ4n) is 1.16. The van der Waals surface area contributed by atoms with Crippen molar-refractivity contribution in [1.82, 2.24) is 20.2 Å². The average molecular weight is 311 g/mol. The molecule has 0 saturated carbocycles. The molecular weight excluding hydrogens is 301 g/mol. The number of nitrogens with one attached hydrogen (secondary N) is 1. The van der Waals surface area contributed by atoms with Crippen LogP contribution in [0, 0.1) is 0 Å². The second-order valence-corrected chi connectivity index (χ2v) is 4.16. The van der Waals surface area contributed by atoms with Crippen molar-refractivity contribution in [3.8, 4) is 0 Å². The molecule has 0 spiro atoms. The van der Waals surface area contributed by atoms with E-state index in [1.807, 2.05) is 0 Å². The van der Waals surface area contributed by atoms with E-state index >= 15 is 0 Å². The lowest BCUT2D eigenvalue weighted by Gasteiger charge is -2.16. The minimum absolute atomic E-state index is 0.0690. The number of hydrogen-bond acceptors (Lipinski definition) is 4. The van der Waals surface area contributed by atoms with Crippen LogP contribution >= 0.6 is 11.6 Å². The number of hydrogen-bond donors (Lipinski definition) is 1. The van der Waals surface area contributed by atoms with E-state index in [4.69, 9.17) is 11.6 Å². The molecule has 0 atom stereocenters. The molecule has 0 aliphatic rings. The minimum atomic E-state index is -4.50. The van der Waals surface area contributed by atoms with Crippen LogP contribution in [0.15, 0.2) is 12.4 Å². The third-order valence-electron chi connectivity index (χ3n) is 2.05. The van der Waals surface area contributed by atoms with Crippen molar-refractivity contribution in [2.75, 3.05) is 20.1 Å². The van der Waals surface area contributed by atoms with E-state index in [-0.39, 0.29) is 10.8 Å². The summed E-state index contributed by atoms with van der Waals surface area (Å²) < 4.78 is 35.7. The summed E-state index contributed by atoms with van der Waals surface area (Å²) in [6, 6.07) is 0. The molecule has 1 N–H and O–H groups in total.